The van der Waals surface area contributed by atoms with Gasteiger partial charge in [-0.25, -0.2) is 0 Å². The minimum atomic E-state index is -0.170. The van der Waals surface area contributed by atoms with Crippen molar-refractivity contribution in [3.05, 3.63) is 23.0 Å². The molecule has 0 atom stereocenters. The molecule has 1 aliphatic carbocycles. The van der Waals surface area contributed by atoms with E-state index in [2.05, 4.69) is 27.0 Å². The Morgan fingerprint density at radius 3 is 2.65 bits per heavy atom. The molecular weight excluding hydrogens is 376 g/mol. The summed E-state index contributed by atoms with van der Waals surface area (Å²) in [6, 6.07) is 3.25. The van der Waals surface area contributed by atoms with Gasteiger partial charge in [0.2, 0.25) is 5.91 Å². The van der Waals surface area contributed by atoms with Gasteiger partial charge in [0.1, 0.15) is 17.3 Å². The second-order valence-corrected chi connectivity index (χ2v) is 7.23. The Balaban J connectivity index is 1.66. The molecule has 1 aromatic carbocycles. The van der Waals surface area contributed by atoms with Gasteiger partial charge in [0, 0.05) is 24.6 Å². The quantitative estimate of drug-likeness (QED) is 0.687. The SMILES string of the molecule is CCn1c(SCC(=O)Nc2cc(OC)c(Cl)cc2OC)nnc1C1CC1. The van der Waals surface area contributed by atoms with E-state index < -0.39 is 0 Å². The van der Waals surface area contributed by atoms with Crippen LogP contribution in [0, 0.1) is 0 Å². The van der Waals surface area contributed by atoms with E-state index in [1.54, 1.807) is 12.1 Å². The third-order valence-corrected chi connectivity index (χ3v) is 5.35. The number of amides is 1. The number of ether oxygens (including phenoxy) is 2. The zero-order valence-corrected chi connectivity index (χ0v) is 16.5. The fraction of sp³-hybridized carbons (Fsp3) is 0.471. The van der Waals surface area contributed by atoms with Crippen LogP contribution >= 0.6 is 23.4 Å². The topological polar surface area (TPSA) is 78.3 Å². The van der Waals surface area contributed by atoms with Crippen LogP contribution in [0.2, 0.25) is 5.02 Å². The largest absolute Gasteiger partial charge is 0.495 e. The molecule has 1 aromatic heterocycles. The highest BCUT2D eigenvalue weighted by atomic mass is 35.5. The average molecular weight is 397 g/mol. The maximum atomic E-state index is 12.4. The Kier molecular flexibility index (Phi) is 5.93. The number of methoxy groups -OCH3 is 2. The molecule has 26 heavy (non-hydrogen) atoms. The summed E-state index contributed by atoms with van der Waals surface area (Å²) in [5.74, 6) is 2.54. The predicted octanol–water partition coefficient (Wildman–Crippen LogP) is 3.58. The second kappa shape index (κ2) is 8.18. The maximum absolute atomic E-state index is 12.4. The summed E-state index contributed by atoms with van der Waals surface area (Å²) in [4.78, 5) is 12.4. The first-order valence-corrected chi connectivity index (χ1v) is 9.71. The van der Waals surface area contributed by atoms with Crippen LogP contribution in [-0.4, -0.2) is 40.6 Å². The number of carbonyl (C=O) groups is 1. The lowest BCUT2D eigenvalue weighted by molar-refractivity contribution is -0.113. The van der Waals surface area contributed by atoms with Crippen LogP contribution in [0.25, 0.3) is 0 Å². The fourth-order valence-electron chi connectivity index (χ4n) is 2.62. The molecule has 2 aromatic rings. The Labute approximate surface area is 161 Å². The Bertz CT molecular complexity index is 808. The summed E-state index contributed by atoms with van der Waals surface area (Å²) in [6.07, 6.45) is 2.34. The van der Waals surface area contributed by atoms with Gasteiger partial charge >= 0.3 is 0 Å². The summed E-state index contributed by atoms with van der Waals surface area (Å²) in [5.41, 5.74) is 0.509. The first-order valence-electron chi connectivity index (χ1n) is 8.34. The Morgan fingerprint density at radius 2 is 2.04 bits per heavy atom. The molecule has 0 aliphatic heterocycles. The number of halogens is 1. The molecule has 1 fully saturated rings. The lowest BCUT2D eigenvalue weighted by Crippen LogP contribution is -2.15. The van der Waals surface area contributed by atoms with Crippen molar-refractivity contribution in [2.75, 3.05) is 25.3 Å². The molecule has 0 bridgehead atoms. The van der Waals surface area contributed by atoms with E-state index >= 15 is 0 Å². The van der Waals surface area contributed by atoms with Crippen molar-refractivity contribution < 1.29 is 14.3 Å². The average Bonchev–Trinajstić information content (AvgIpc) is 3.40. The first kappa shape index (κ1) is 18.8. The maximum Gasteiger partial charge on any atom is 0.234 e. The standard InChI is InChI=1S/C17H21ClN4O3S/c1-4-22-16(10-5-6-10)20-21-17(22)26-9-15(23)19-12-8-13(24-2)11(18)7-14(12)25-3/h7-8,10H,4-6,9H2,1-3H3,(H,19,23). The fourth-order valence-corrected chi connectivity index (χ4v) is 3.66. The number of carbonyl (C=O) groups excluding carboxylic acids is 1. The molecule has 9 heteroatoms. The van der Waals surface area contributed by atoms with E-state index in [0.717, 1.165) is 17.5 Å². The van der Waals surface area contributed by atoms with Gasteiger partial charge < -0.3 is 19.4 Å². The second-order valence-electron chi connectivity index (χ2n) is 5.88. The predicted molar refractivity (Wildman–Crippen MR) is 102 cm³/mol. The molecule has 0 saturated heterocycles. The van der Waals surface area contributed by atoms with Crippen LogP contribution in [0.5, 0.6) is 11.5 Å². The van der Waals surface area contributed by atoms with Gasteiger partial charge in [0.15, 0.2) is 5.16 Å². The van der Waals surface area contributed by atoms with E-state index in [-0.39, 0.29) is 11.7 Å². The van der Waals surface area contributed by atoms with Gasteiger partial charge in [-0.2, -0.15) is 0 Å². The van der Waals surface area contributed by atoms with Crippen LogP contribution in [0.4, 0.5) is 5.69 Å². The normalized spacial score (nSPS) is 13.5. The van der Waals surface area contributed by atoms with Crippen LogP contribution < -0.4 is 14.8 Å². The monoisotopic (exact) mass is 396 g/mol. The minimum Gasteiger partial charge on any atom is -0.495 e. The molecule has 0 unspecified atom stereocenters. The van der Waals surface area contributed by atoms with Gasteiger partial charge in [0.25, 0.3) is 0 Å². The van der Waals surface area contributed by atoms with E-state index in [9.17, 15) is 4.79 Å². The summed E-state index contributed by atoms with van der Waals surface area (Å²) >= 11 is 7.46. The molecule has 1 saturated carbocycles. The number of thioether (sulfide) groups is 1. The Hall–Kier alpha value is -1.93. The number of rotatable bonds is 8. The zero-order chi connectivity index (χ0) is 18.7. The number of aromatic nitrogens is 3. The van der Waals surface area contributed by atoms with Gasteiger partial charge in [-0.05, 0) is 19.8 Å². The lowest BCUT2D eigenvalue weighted by Gasteiger charge is -2.13. The molecule has 1 N–H and O–H groups in total. The lowest BCUT2D eigenvalue weighted by atomic mass is 10.2. The van der Waals surface area contributed by atoms with Crippen LogP contribution in [-0.2, 0) is 11.3 Å². The van der Waals surface area contributed by atoms with Crippen molar-refractivity contribution >= 4 is 35.0 Å². The third-order valence-electron chi connectivity index (χ3n) is 4.08. The third kappa shape index (κ3) is 4.07. The number of nitrogens with zero attached hydrogens (tertiary/aromatic N) is 3. The van der Waals surface area contributed by atoms with Gasteiger partial charge in [-0.1, -0.05) is 23.4 Å². The number of nitrogens with one attached hydrogen (secondary N) is 1. The molecule has 7 nitrogen and oxygen atoms in total. The summed E-state index contributed by atoms with van der Waals surface area (Å²) in [5, 5.41) is 12.5. The summed E-state index contributed by atoms with van der Waals surface area (Å²) in [6.45, 7) is 2.86. The van der Waals surface area contributed by atoms with Crippen LogP contribution in [0.1, 0.15) is 31.5 Å². The van der Waals surface area contributed by atoms with E-state index in [1.165, 1.54) is 38.8 Å². The smallest absolute Gasteiger partial charge is 0.234 e. The number of anilines is 1. The highest BCUT2D eigenvalue weighted by Gasteiger charge is 2.30. The zero-order valence-electron chi connectivity index (χ0n) is 14.9. The van der Waals surface area contributed by atoms with E-state index in [1.807, 2.05) is 0 Å². The number of benzene rings is 1. The van der Waals surface area contributed by atoms with Crippen LogP contribution in [0.15, 0.2) is 17.3 Å². The molecule has 1 heterocycles. The van der Waals surface area contributed by atoms with Gasteiger partial charge in [-0.15, -0.1) is 10.2 Å². The van der Waals surface area contributed by atoms with Crippen molar-refractivity contribution in [2.45, 2.75) is 37.4 Å². The molecule has 1 aliphatic rings. The Morgan fingerprint density at radius 1 is 1.31 bits per heavy atom. The van der Waals surface area contributed by atoms with E-state index in [4.69, 9.17) is 21.1 Å². The van der Waals surface area contributed by atoms with Crippen molar-refractivity contribution in [1.82, 2.24) is 14.8 Å². The molecule has 1 amide bonds. The first-order chi connectivity index (χ1) is 12.6. The van der Waals surface area contributed by atoms with Gasteiger partial charge in [-0.3, -0.25) is 4.79 Å². The summed E-state index contributed by atoms with van der Waals surface area (Å²) in [7, 11) is 3.04. The van der Waals surface area contributed by atoms with E-state index in [0.29, 0.717) is 28.1 Å². The number of hydrogen-bond donors (Lipinski definition) is 1. The van der Waals surface area contributed by atoms with Crippen molar-refractivity contribution in [3.8, 4) is 11.5 Å². The van der Waals surface area contributed by atoms with Crippen molar-refractivity contribution in [2.24, 2.45) is 0 Å². The molecule has 0 radical (unpaired) electrons. The van der Waals surface area contributed by atoms with Crippen LogP contribution in [0.3, 0.4) is 0 Å². The highest BCUT2D eigenvalue weighted by molar-refractivity contribution is 7.99. The molecular formula is C17H21ClN4O3S. The molecule has 140 valence electrons. The molecule has 0 spiro atoms. The number of hydrogen-bond acceptors (Lipinski definition) is 6. The van der Waals surface area contributed by atoms with Crippen molar-refractivity contribution in [1.29, 1.82) is 0 Å². The minimum absolute atomic E-state index is 0.170. The molecule has 3 rings (SSSR count). The summed E-state index contributed by atoms with van der Waals surface area (Å²) < 4.78 is 12.6. The van der Waals surface area contributed by atoms with Gasteiger partial charge in [0.05, 0.1) is 30.7 Å². The highest BCUT2D eigenvalue weighted by Crippen LogP contribution is 2.40. The van der Waals surface area contributed by atoms with Crippen molar-refractivity contribution in [3.63, 3.8) is 0 Å².